The number of halogens is 2. The number of aliphatic imine (C=N–C) groups is 1. The lowest BCUT2D eigenvalue weighted by Gasteiger charge is -2.07. The molecule has 5 nitrogen and oxygen atoms in total. The molecule has 8 heteroatoms. The summed E-state index contributed by atoms with van der Waals surface area (Å²) in [5, 5.41) is 3.75. The molecule has 0 aliphatic heterocycles. The molecule has 0 unspecified atom stereocenters. The summed E-state index contributed by atoms with van der Waals surface area (Å²) in [7, 11) is 1.57. The van der Waals surface area contributed by atoms with E-state index in [9.17, 15) is 0 Å². The molecule has 1 aromatic heterocycles. The highest BCUT2D eigenvalue weighted by molar-refractivity contribution is 7.00. The van der Waals surface area contributed by atoms with E-state index in [1.165, 1.54) is 0 Å². The van der Waals surface area contributed by atoms with Crippen LogP contribution in [-0.4, -0.2) is 21.8 Å². The number of guanidine groups is 1. The highest BCUT2D eigenvalue weighted by Gasteiger charge is 2.14. The van der Waals surface area contributed by atoms with Gasteiger partial charge in [0.2, 0.25) is 0 Å². The normalized spacial score (nSPS) is 12.1. The van der Waals surface area contributed by atoms with Gasteiger partial charge in [0.25, 0.3) is 0 Å². The summed E-state index contributed by atoms with van der Waals surface area (Å²) in [5.74, 6) is 0.249. The fourth-order valence-electron chi connectivity index (χ4n) is 1.18. The SMILES string of the molecule is CN=C(N)Nc1c(Cl)cc(Cl)c2nsnc12. The Morgan fingerprint density at radius 1 is 1.38 bits per heavy atom. The molecule has 1 aromatic carbocycles. The number of aromatic nitrogens is 2. The molecule has 2 aromatic rings. The van der Waals surface area contributed by atoms with Crippen molar-refractivity contribution < 1.29 is 0 Å². The first kappa shape index (κ1) is 11.4. The molecule has 0 saturated carbocycles. The van der Waals surface area contributed by atoms with Gasteiger partial charge in [0.05, 0.1) is 27.5 Å². The van der Waals surface area contributed by atoms with Crippen LogP contribution in [0.5, 0.6) is 0 Å². The number of nitrogens with two attached hydrogens (primary N) is 1. The standard InChI is InChI=1S/C8H7Cl2N5S/c1-12-8(11)13-5-3(9)2-4(10)6-7(5)15-16-14-6/h2H,1H3,(H3,11,12,13). The molecule has 0 aliphatic carbocycles. The number of anilines is 1. The van der Waals surface area contributed by atoms with Crippen molar-refractivity contribution in [1.29, 1.82) is 0 Å². The maximum atomic E-state index is 6.05. The minimum Gasteiger partial charge on any atom is -0.370 e. The van der Waals surface area contributed by atoms with E-state index < -0.39 is 0 Å². The first-order valence-corrected chi connectivity index (χ1v) is 5.71. The van der Waals surface area contributed by atoms with Crippen LogP contribution in [0.25, 0.3) is 11.0 Å². The largest absolute Gasteiger partial charge is 0.370 e. The number of benzene rings is 1. The summed E-state index contributed by atoms with van der Waals surface area (Å²) >= 11 is 13.1. The molecule has 1 heterocycles. The summed E-state index contributed by atoms with van der Waals surface area (Å²) in [6.07, 6.45) is 0. The third kappa shape index (κ3) is 1.91. The molecule has 0 aliphatic rings. The van der Waals surface area contributed by atoms with Crippen molar-refractivity contribution in [3.8, 4) is 0 Å². The highest BCUT2D eigenvalue weighted by Crippen LogP contribution is 2.34. The predicted molar refractivity (Wildman–Crippen MR) is 68.6 cm³/mol. The molecule has 84 valence electrons. The van der Waals surface area contributed by atoms with Crippen molar-refractivity contribution in [3.63, 3.8) is 0 Å². The number of hydrogen-bond donors (Lipinski definition) is 2. The summed E-state index contributed by atoms with van der Waals surface area (Å²) < 4.78 is 8.19. The number of nitrogens with one attached hydrogen (secondary N) is 1. The average Bonchev–Trinajstić information content (AvgIpc) is 2.73. The van der Waals surface area contributed by atoms with E-state index in [2.05, 4.69) is 19.1 Å². The van der Waals surface area contributed by atoms with Gasteiger partial charge in [-0.15, -0.1) is 0 Å². The van der Waals surface area contributed by atoms with Gasteiger partial charge in [-0.1, -0.05) is 23.2 Å². The van der Waals surface area contributed by atoms with Crippen LogP contribution in [-0.2, 0) is 0 Å². The summed E-state index contributed by atoms with van der Waals surface area (Å²) in [6, 6.07) is 1.60. The van der Waals surface area contributed by atoms with E-state index in [4.69, 9.17) is 28.9 Å². The van der Waals surface area contributed by atoms with Crippen molar-refractivity contribution in [1.82, 2.24) is 8.75 Å². The predicted octanol–water partition coefficient (Wildman–Crippen LogP) is 2.35. The molecule has 16 heavy (non-hydrogen) atoms. The second-order valence-corrected chi connectivity index (χ2v) is 4.25. The van der Waals surface area contributed by atoms with E-state index in [0.717, 1.165) is 11.7 Å². The zero-order valence-corrected chi connectivity index (χ0v) is 10.5. The Bertz CT molecular complexity index is 565. The molecule has 0 bridgehead atoms. The van der Waals surface area contributed by atoms with E-state index in [0.29, 0.717) is 26.8 Å². The molecule has 0 saturated heterocycles. The molecule has 0 atom stereocenters. The van der Waals surface area contributed by atoms with Gasteiger partial charge in [-0.25, -0.2) is 0 Å². The van der Waals surface area contributed by atoms with Crippen molar-refractivity contribution in [2.45, 2.75) is 0 Å². The van der Waals surface area contributed by atoms with Gasteiger partial charge in [-0.3, -0.25) is 4.99 Å². The van der Waals surface area contributed by atoms with Crippen LogP contribution in [0.4, 0.5) is 5.69 Å². The zero-order chi connectivity index (χ0) is 11.7. The lowest BCUT2D eigenvalue weighted by molar-refractivity contribution is 1.38. The summed E-state index contributed by atoms with van der Waals surface area (Å²) in [6.45, 7) is 0. The molecular weight excluding hydrogens is 269 g/mol. The maximum Gasteiger partial charge on any atom is 0.192 e. The average molecular weight is 276 g/mol. The first-order valence-electron chi connectivity index (χ1n) is 4.23. The maximum absolute atomic E-state index is 6.05. The van der Waals surface area contributed by atoms with Gasteiger partial charge >= 0.3 is 0 Å². The van der Waals surface area contributed by atoms with Crippen molar-refractivity contribution in [2.24, 2.45) is 10.7 Å². The second kappa shape index (κ2) is 4.40. The van der Waals surface area contributed by atoms with Crippen LogP contribution in [0.2, 0.25) is 10.0 Å². The first-order chi connectivity index (χ1) is 7.63. The Labute approximate surface area is 106 Å². The van der Waals surface area contributed by atoms with E-state index >= 15 is 0 Å². The minimum absolute atomic E-state index is 0.249. The Morgan fingerprint density at radius 3 is 2.75 bits per heavy atom. The quantitative estimate of drug-likeness (QED) is 0.619. The third-order valence-electron chi connectivity index (χ3n) is 1.94. The fraction of sp³-hybridized carbons (Fsp3) is 0.125. The Morgan fingerprint density at radius 2 is 2.06 bits per heavy atom. The van der Waals surface area contributed by atoms with E-state index in [1.54, 1.807) is 13.1 Å². The van der Waals surface area contributed by atoms with Crippen molar-refractivity contribution in [3.05, 3.63) is 16.1 Å². The lowest BCUT2D eigenvalue weighted by Crippen LogP contribution is -2.22. The molecule has 0 fully saturated rings. The monoisotopic (exact) mass is 275 g/mol. The molecule has 3 N–H and O–H groups in total. The van der Waals surface area contributed by atoms with Crippen molar-refractivity contribution in [2.75, 3.05) is 12.4 Å². The van der Waals surface area contributed by atoms with Gasteiger partial charge in [0, 0.05) is 7.05 Å². The van der Waals surface area contributed by atoms with Crippen LogP contribution < -0.4 is 11.1 Å². The van der Waals surface area contributed by atoms with E-state index in [-0.39, 0.29) is 5.96 Å². The smallest absolute Gasteiger partial charge is 0.192 e. The van der Waals surface area contributed by atoms with Crippen LogP contribution >= 0.6 is 34.9 Å². The fourth-order valence-corrected chi connectivity index (χ4v) is 2.34. The topological polar surface area (TPSA) is 76.2 Å². The minimum atomic E-state index is 0.249. The third-order valence-corrected chi connectivity index (χ3v) is 3.05. The summed E-state index contributed by atoms with van der Waals surface area (Å²) in [4.78, 5) is 3.79. The Kier molecular flexibility index (Phi) is 3.13. The van der Waals surface area contributed by atoms with Crippen LogP contribution in [0.3, 0.4) is 0 Å². The highest BCUT2D eigenvalue weighted by atomic mass is 35.5. The van der Waals surface area contributed by atoms with Crippen LogP contribution in [0.1, 0.15) is 0 Å². The van der Waals surface area contributed by atoms with Gasteiger partial charge in [-0.2, -0.15) is 8.75 Å². The molecular formula is C8H7Cl2N5S. The second-order valence-electron chi connectivity index (χ2n) is 2.91. The molecule has 0 radical (unpaired) electrons. The number of nitrogens with zero attached hydrogens (tertiary/aromatic N) is 3. The van der Waals surface area contributed by atoms with Crippen molar-refractivity contribution >= 4 is 57.6 Å². The van der Waals surface area contributed by atoms with Gasteiger partial charge in [0.1, 0.15) is 11.0 Å². The Hall–Kier alpha value is -1.11. The number of fused-ring (bicyclic) bond motifs is 1. The Balaban J connectivity index is 2.63. The van der Waals surface area contributed by atoms with E-state index in [1.807, 2.05) is 0 Å². The lowest BCUT2D eigenvalue weighted by atomic mass is 10.2. The summed E-state index contributed by atoms with van der Waals surface area (Å²) in [5.41, 5.74) is 7.33. The number of rotatable bonds is 1. The molecule has 2 rings (SSSR count). The van der Waals surface area contributed by atoms with Gasteiger partial charge < -0.3 is 11.1 Å². The molecule has 0 amide bonds. The number of hydrogen-bond acceptors (Lipinski definition) is 4. The van der Waals surface area contributed by atoms with Crippen LogP contribution in [0, 0.1) is 0 Å². The van der Waals surface area contributed by atoms with Gasteiger partial charge in [-0.05, 0) is 6.07 Å². The van der Waals surface area contributed by atoms with Gasteiger partial charge in [0.15, 0.2) is 5.96 Å². The molecule has 0 spiro atoms. The van der Waals surface area contributed by atoms with Crippen LogP contribution in [0.15, 0.2) is 11.1 Å². The zero-order valence-electron chi connectivity index (χ0n) is 8.16.